The van der Waals surface area contributed by atoms with Gasteiger partial charge >= 0.3 is 0 Å². The monoisotopic (exact) mass is 441 g/mol. The lowest BCUT2D eigenvalue weighted by Crippen LogP contribution is -2.36. The van der Waals surface area contributed by atoms with Crippen molar-refractivity contribution in [2.75, 3.05) is 19.8 Å². The molecule has 0 spiro atoms. The summed E-state index contributed by atoms with van der Waals surface area (Å²) in [5, 5.41) is 21.1. The Morgan fingerprint density at radius 2 is 1.97 bits per heavy atom. The van der Waals surface area contributed by atoms with E-state index in [4.69, 9.17) is 9.47 Å². The van der Waals surface area contributed by atoms with E-state index in [1.165, 1.54) is 35.2 Å². The summed E-state index contributed by atoms with van der Waals surface area (Å²) in [4.78, 5) is 27.4. The molecule has 0 radical (unpaired) electrons. The van der Waals surface area contributed by atoms with Crippen molar-refractivity contribution in [1.82, 2.24) is 4.90 Å². The quantitative estimate of drug-likeness (QED) is 0.405. The summed E-state index contributed by atoms with van der Waals surface area (Å²) in [6.07, 6.45) is 1.40. The zero-order valence-electron chi connectivity index (χ0n) is 17.6. The summed E-state index contributed by atoms with van der Waals surface area (Å²) < 4.78 is 24.5. The highest BCUT2D eigenvalue weighted by atomic mass is 19.1. The number of likely N-dealkylation sites (tertiary alicyclic amines) is 1. The molecule has 7 nitrogen and oxygen atoms in total. The first-order valence-electron chi connectivity index (χ1n) is 10.5. The van der Waals surface area contributed by atoms with Crippen molar-refractivity contribution < 1.29 is 33.7 Å². The molecule has 2 aromatic carbocycles. The van der Waals surface area contributed by atoms with Crippen molar-refractivity contribution in [1.29, 1.82) is 0 Å². The van der Waals surface area contributed by atoms with Crippen LogP contribution in [-0.4, -0.2) is 52.7 Å². The average molecular weight is 441 g/mol. The van der Waals surface area contributed by atoms with Gasteiger partial charge in [-0.3, -0.25) is 9.59 Å². The third kappa shape index (κ3) is 4.05. The highest BCUT2D eigenvalue weighted by Crippen LogP contribution is 2.42. The number of halogens is 1. The Morgan fingerprint density at radius 1 is 1.22 bits per heavy atom. The predicted octanol–water partition coefficient (Wildman–Crippen LogP) is 3.53. The number of aliphatic hydroxyl groups is 1. The first-order valence-corrected chi connectivity index (χ1v) is 10.5. The van der Waals surface area contributed by atoms with Crippen LogP contribution < -0.4 is 4.74 Å². The van der Waals surface area contributed by atoms with Crippen LogP contribution in [0.25, 0.3) is 5.76 Å². The standard InChI is InChI=1S/C24H24FNO6/c1-2-31-19-12-15(7-10-18(19)27)21-20(22(28)14-5-8-16(25)9-6-14)23(29)24(30)26(21)13-17-4-3-11-32-17/h5-10,12,17,21,27-28H,2-4,11,13H2,1H3/t17-,21+/m1/s1. The maximum absolute atomic E-state index is 13.4. The molecule has 1 amide bonds. The minimum absolute atomic E-state index is 0.0785. The van der Waals surface area contributed by atoms with Crippen molar-refractivity contribution in [3.8, 4) is 11.5 Å². The Balaban J connectivity index is 1.84. The van der Waals surface area contributed by atoms with E-state index < -0.39 is 29.3 Å². The summed E-state index contributed by atoms with van der Waals surface area (Å²) in [7, 11) is 0. The van der Waals surface area contributed by atoms with Crippen molar-refractivity contribution in [3.05, 3.63) is 65.0 Å². The number of nitrogens with zero attached hydrogens (tertiary/aromatic N) is 1. The van der Waals surface area contributed by atoms with Crippen molar-refractivity contribution in [2.24, 2.45) is 0 Å². The second-order valence-corrected chi connectivity index (χ2v) is 7.75. The molecule has 2 aliphatic heterocycles. The van der Waals surface area contributed by atoms with Gasteiger partial charge in [0.05, 0.1) is 24.3 Å². The molecule has 8 heteroatoms. The molecule has 0 aliphatic carbocycles. The van der Waals surface area contributed by atoms with Crippen molar-refractivity contribution in [3.63, 3.8) is 0 Å². The number of rotatable bonds is 6. The van der Waals surface area contributed by atoms with Crippen molar-refractivity contribution in [2.45, 2.75) is 31.9 Å². The molecule has 168 valence electrons. The number of ketones is 1. The van der Waals surface area contributed by atoms with Gasteiger partial charge in [0.1, 0.15) is 11.6 Å². The van der Waals surface area contributed by atoms with E-state index in [-0.39, 0.29) is 35.3 Å². The molecule has 2 aliphatic rings. The fourth-order valence-electron chi connectivity index (χ4n) is 4.16. The van der Waals surface area contributed by atoms with Gasteiger partial charge in [-0.1, -0.05) is 6.07 Å². The van der Waals surface area contributed by atoms with Crippen LogP contribution >= 0.6 is 0 Å². The molecule has 2 heterocycles. The Labute approximate surface area is 184 Å². The topological polar surface area (TPSA) is 96.3 Å². The van der Waals surface area contributed by atoms with Gasteiger partial charge in [0.25, 0.3) is 11.7 Å². The molecular formula is C24H24FNO6. The zero-order chi connectivity index (χ0) is 22.8. The average Bonchev–Trinajstić information content (AvgIpc) is 3.38. The molecule has 0 saturated carbocycles. The number of benzene rings is 2. The lowest BCUT2D eigenvalue weighted by atomic mass is 9.95. The second kappa shape index (κ2) is 9.00. The number of aliphatic hydroxyl groups excluding tert-OH is 1. The Kier molecular flexibility index (Phi) is 6.14. The van der Waals surface area contributed by atoms with Crippen LogP contribution in [0.2, 0.25) is 0 Å². The lowest BCUT2D eigenvalue weighted by molar-refractivity contribution is -0.140. The molecule has 32 heavy (non-hydrogen) atoms. The number of amides is 1. The van der Waals surface area contributed by atoms with Gasteiger partial charge in [-0.25, -0.2) is 4.39 Å². The Bertz CT molecular complexity index is 1060. The summed E-state index contributed by atoms with van der Waals surface area (Å²) in [5.41, 5.74) is 0.607. The second-order valence-electron chi connectivity index (χ2n) is 7.75. The van der Waals surface area contributed by atoms with Gasteiger partial charge in [0.15, 0.2) is 11.5 Å². The summed E-state index contributed by atoms with van der Waals surface area (Å²) >= 11 is 0. The van der Waals surface area contributed by atoms with E-state index in [0.717, 1.165) is 12.8 Å². The van der Waals surface area contributed by atoms with Crippen LogP contribution in [-0.2, 0) is 14.3 Å². The van der Waals surface area contributed by atoms with Crippen LogP contribution in [0.1, 0.15) is 36.9 Å². The number of Topliss-reactive ketones (excluding diaryl/α,β-unsaturated/α-hetero) is 1. The number of carbonyl (C=O) groups is 2. The van der Waals surface area contributed by atoms with Crippen LogP contribution in [0.5, 0.6) is 11.5 Å². The highest BCUT2D eigenvalue weighted by Gasteiger charge is 2.47. The predicted molar refractivity (Wildman–Crippen MR) is 114 cm³/mol. The van der Waals surface area contributed by atoms with E-state index >= 15 is 0 Å². The van der Waals surface area contributed by atoms with Gasteiger partial charge in [0, 0.05) is 18.7 Å². The van der Waals surface area contributed by atoms with Crippen LogP contribution in [0.15, 0.2) is 48.0 Å². The molecule has 4 rings (SSSR count). The number of phenols is 1. The maximum Gasteiger partial charge on any atom is 0.295 e. The molecule has 2 N–H and O–H groups in total. The lowest BCUT2D eigenvalue weighted by Gasteiger charge is -2.27. The smallest absolute Gasteiger partial charge is 0.295 e. The van der Waals surface area contributed by atoms with Gasteiger partial charge in [-0.2, -0.15) is 0 Å². The Hall–Kier alpha value is -3.39. The van der Waals surface area contributed by atoms with Gasteiger partial charge in [-0.15, -0.1) is 0 Å². The summed E-state index contributed by atoms with van der Waals surface area (Å²) in [6, 6.07) is 8.66. The van der Waals surface area contributed by atoms with Crippen LogP contribution in [0, 0.1) is 5.82 Å². The molecule has 0 aromatic heterocycles. The normalized spacial score (nSPS) is 22.5. The van der Waals surface area contributed by atoms with E-state index in [1.807, 2.05) is 0 Å². The molecule has 2 saturated heterocycles. The fraction of sp³-hybridized carbons (Fsp3) is 0.333. The van der Waals surface area contributed by atoms with E-state index in [9.17, 15) is 24.2 Å². The third-order valence-electron chi connectivity index (χ3n) is 5.68. The number of carbonyl (C=O) groups excluding carboxylic acids is 2. The molecule has 2 aromatic rings. The third-order valence-corrected chi connectivity index (χ3v) is 5.68. The maximum atomic E-state index is 13.4. The number of phenolic OH excluding ortho intramolecular Hbond substituents is 1. The largest absolute Gasteiger partial charge is 0.507 e. The van der Waals surface area contributed by atoms with E-state index in [2.05, 4.69) is 0 Å². The first kappa shape index (κ1) is 21.8. The fourth-order valence-corrected chi connectivity index (χ4v) is 4.16. The zero-order valence-corrected chi connectivity index (χ0v) is 17.6. The molecule has 2 fully saturated rings. The van der Waals surface area contributed by atoms with Crippen LogP contribution in [0.4, 0.5) is 4.39 Å². The number of ether oxygens (including phenoxy) is 2. The SMILES string of the molecule is CCOc1cc([C@H]2C(=C(O)c3ccc(F)cc3)C(=O)C(=O)N2C[C@H]2CCCO2)ccc1O. The summed E-state index contributed by atoms with van der Waals surface area (Å²) in [5.74, 6) is -2.34. The van der Waals surface area contributed by atoms with Gasteiger partial charge in [-0.05, 0) is 61.7 Å². The molecule has 0 bridgehead atoms. The van der Waals surface area contributed by atoms with Gasteiger partial charge in [0.2, 0.25) is 0 Å². The minimum Gasteiger partial charge on any atom is -0.507 e. The number of aromatic hydroxyl groups is 1. The van der Waals surface area contributed by atoms with Crippen LogP contribution in [0.3, 0.4) is 0 Å². The number of hydrogen-bond donors (Lipinski definition) is 2. The van der Waals surface area contributed by atoms with Crippen molar-refractivity contribution >= 4 is 17.4 Å². The molecular weight excluding hydrogens is 417 g/mol. The molecule has 2 atom stereocenters. The molecule has 0 unspecified atom stereocenters. The van der Waals surface area contributed by atoms with E-state index in [1.54, 1.807) is 19.1 Å². The number of hydrogen-bond acceptors (Lipinski definition) is 6. The first-order chi connectivity index (χ1) is 15.4. The van der Waals surface area contributed by atoms with E-state index in [0.29, 0.717) is 18.8 Å². The Morgan fingerprint density at radius 3 is 2.62 bits per heavy atom. The van der Waals surface area contributed by atoms with Gasteiger partial charge < -0.3 is 24.6 Å². The highest BCUT2D eigenvalue weighted by molar-refractivity contribution is 6.46. The summed E-state index contributed by atoms with van der Waals surface area (Å²) in [6.45, 7) is 2.84. The minimum atomic E-state index is -0.913.